The van der Waals surface area contributed by atoms with Gasteiger partial charge in [-0.05, 0) is 29.6 Å². The standard InChI is InChI=1S/C12H7ClN2OS/c13-9-6-8(7-14)3-4-10(9)15-12(16)11-2-1-5-17-11/h1-6H,(H,15,16). The average Bonchev–Trinajstić information content (AvgIpc) is 2.85. The van der Waals surface area contributed by atoms with Crippen molar-refractivity contribution in [3.8, 4) is 6.07 Å². The van der Waals surface area contributed by atoms with Crippen LogP contribution in [0.2, 0.25) is 5.02 Å². The van der Waals surface area contributed by atoms with E-state index in [1.54, 1.807) is 24.3 Å². The van der Waals surface area contributed by atoms with Gasteiger partial charge in [-0.2, -0.15) is 5.26 Å². The molecule has 0 bridgehead atoms. The van der Waals surface area contributed by atoms with Crippen LogP contribution in [0.1, 0.15) is 15.2 Å². The second-order valence-electron chi connectivity index (χ2n) is 3.24. The predicted molar refractivity (Wildman–Crippen MR) is 68.4 cm³/mol. The van der Waals surface area contributed by atoms with Gasteiger partial charge >= 0.3 is 0 Å². The summed E-state index contributed by atoms with van der Waals surface area (Å²) in [6.45, 7) is 0. The Labute approximate surface area is 107 Å². The van der Waals surface area contributed by atoms with Crippen LogP contribution in [0.4, 0.5) is 5.69 Å². The summed E-state index contributed by atoms with van der Waals surface area (Å²) >= 11 is 7.31. The number of nitriles is 1. The lowest BCUT2D eigenvalue weighted by Gasteiger charge is -2.05. The molecule has 1 aromatic carbocycles. The van der Waals surface area contributed by atoms with E-state index in [9.17, 15) is 4.79 Å². The highest BCUT2D eigenvalue weighted by molar-refractivity contribution is 7.12. The quantitative estimate of drug-likeness (QED) is 0.900. The Balaban J connectivity index is 2.20. The normalized spacial score (nSPS) is 9.65. The number of benzene rings is 1. The zero-order valence-corrected chi connectivity index (χ0v) is 10.2. The van der Waals surface area contributed by atoms with E-state index < -0.39 is 0 Å². The van der Waals surface area contributed by atoms with Crippen LogP contribution in [0.3, 0.4) is 0 Å². The highest BCUT2D eigenvalue weighted by atomic mass is 35.5. The van der Waals surface area contributed by atoms with Crippen molar-refractivity contribution in [2.24, 2.45) is 0 Å². The summed E-state index contributed by atoms with van der Waals surface area (Å²) in [6.07, 6.45) is 0. The molecule has 0 saturated carbocycles. The lowest BCUT2D eigenvalue weighted by molar-refractivity contribution is 0.103. The van der Waals surface area contributed by atoms with Crippen LogP contribution in [0.5, 0.6) is 0 Å². The van der Waals surface area contributed by atoms with Crippen LogP contribution in [-0.2, 0) is 0 Å². The minimum atomic E-state index is -0.202. The zero-order chi connectivity index (χ0) is 12.3. The molecule has 0 aliphatic rings. The number of hydrogen-bond donors (Lipinski definition) is 1. The lowest BCUT2D eigenvalue weighted by atomic mass is 10.2. The van der Waals surface area contributed by atoms with Crippen LogP contribution in [-0.4, -0.2) is 5.91 Å². The molecule has 1 N–H and O–H groups in total. The van der Waals surface area contributed by atoms with Gasteiger partial charge in [0.25, 0.3) is 5.91 Å². The van der Waals surface area contributed by atoms with Crippen molar-refractivity contribution in [3.63, 3.8) is 0 Å². The first-order valence-electron chi connectivity index (χ1n) is 4.75. The summed E-state index contributed by atoms with van der Waals surface area (Å²) < 4.78 is 0. The minimum absolute atomic E-state index is 0.202. The molecular weight excluding hydrogens is 256 g/mol. The maximum atomic E-state index is 11.8. The number of anilines is 1. The summed E-state index contributed by atoms with van der Waals surface area (Å²) in [7, 11) is 0. The molecule has 0 fully saturated rings. The molecule has 5 heteroatoms. The van der Waals surface area contributed by atoms with E-state index in [4.69, 9.17) is 16.9 Å². The summed E-state index contributed by atoms with van der Waals surface area (Å²) in [4.78, 5) is 12.4. The van der Waals surface area contributed by atoms with Crippen LogP contribution in [0.25, 0.3) is 0 Å². The Morgan fingerprint density at radius 3 is 2.82 bits per heavy atom. The number of amides is 1. The van der Waals surface area contributed by atoms with E-state index >= 15 is 0 Å². The number of carbonyl (C=O) groups is 1. The van der Waals surface area contributed by atoms with E-state index in [0.29, 0.717) is 21.2 Å². The molecule has 17 heavy (non-hydrogen) atoms. The maximum absolute atomic E-state index is 11.8. The van der Waals surface area contributed by atoms with Crippen molar-refractivity contribution in [2.45, 2.75) is 0 Å². The van der Waals surface area contributed by atoms with Gasteiger partial charge < -0.3 is 5.32 Å². The van der Waals surface area contributed by atoms with Gasteiger partial charge in [-0.25, -0.2) is 0 Å². The lowest BCUT2D eigenvalue weighted by Crippen LogP contribution is -2.10. The predicted octanol–water partition coefficient (Wildman–Crippen LogP) is 3.53. The van der Waals surface area contributed by atoms with E-state index in [-0.39, 0.29) is 5.91 Å². The van der Waals surface area contributed by atoms with Crippen molar-refractivity contribution in [3.05, 3.63) is 51.2 Å². The van der Waals surface area contributed by atoms with Gasteiger partial charge in [0.15, 0.2) is 0 Å². The second-order valence-corrected chi connectivity index (χ2v) is 4.59. The number of nitrogens with zero attached hydrogens (tertiary/aromatic N) is 1. The maximum Gasteiger partial charge on any atom is 0.265 e. The monoisotopic (exact) mass is 262 g/mol. The molecule has 0 aliphatic heterocycles. The van der Waals surface area contributed by atoms with Gasteiger partial charge in [0.2, 0.25) is 0 Å². The van der Waals surface area contributed by atoms with Gasteiger partial charge in [0.05, 0.1) is 27.2 Å². The van der Waals surface area contributed by atoms with Crippen molar-refractivity contribution >= 4 is 34.5 Å². The number of rotatable bonds is 2. The van der Waals surface area contributed by atoms with Crippen LogP contribution < -0.4 is 5.32 Å². The number of carbonyl (C=O) groups excluding carboxylic acids is 1. The highest BCUT2D eigenvalue weighted by Crippen LogP contribution is 2.23. The smallest absolute Gasteiger partial charge is 0.265 e. The number of nitrogens with one attached hydrogen (secondary N) is 1. The van der Waals surface area contributed by atoms with E-state index in [1.807, 2.05) is 11.4 Å². The fraction of sp³-hybridized carbons (Fsp3) is 0. The van der Waals surface area contributed by atoms with Gasteiger partial charge in [-0.3, -0.25) is 4.79 Å². The Morgan fingerprint density at radius 1 is 1.41 bits per heavy atom. The first-order valence-corrected chi connectivity index (χ1v) is 6.01. The molecule has 0 unspecified atom stereocenters. The third-order valence-electron chi connectivity index (χ3n) is 2.09. The fourth-order valence-corrected chi connectivity index (χ4v) is 2.12. The second kappa shape index (κ2) is 5.00. The molecule has 0 saturated heterocycles. The molecular formula is C12H7ClN2OS. The molecule has 2 aromatic rings. The van der Waals surface area contributed by atoms with Gasteiger partial charge in [-0.15, -0.1) is 11.3 Å². The van der Waals surface area contributed by atoms with E-state index in [1.165, 1.54) is 17.4 Å². The molecule has 2 rings (SSSR count). The summed E-state index contributed by atoms with van der Waals surface area (Å²) in [5.41, 5.74) is 0.966. The molecule has 0 atom stereocenters. The molecule has 84 valence electrons. The number of hydrogen-bond acceptors (Lipinski definition) is 3. The van der Waals surface area contributed by atoms with E-state index in [2.05, 4.69) is 5.32 Å². The van der Waals surface area contributed by atoms with Gasteiger partial charge in [-0.1, -0.05) is 17.7 Å². The van der Waals surface area contributed by atoms with Crippen LogP contribution in [0, 0.1) is 11.3 Å². The first kappa shape index (κ1) is 11.6. The van der Waals surface area contributed by atoms with Crippen molar-refractivity contribution in [1.29, 1.82) is 5.26 Å². The van der Waals surface area contributed by atoms with Crippen molar-refractivity contribution in [2.75, 3.05) is 5.32 Å². The largest absolute Gasteiger partial charge is 0.320 e. The number of thiophene rings is 1. The van der Waals surface area contributed by atoms with Crippen LogP contribution in [0.15, 0.2) is 35.7 Å². The Bertz CT molecular complexity index is 587. The Morgan fingerprint density at radius 2 is 2.24 bits per heavy atom. The third-order valence-corrected chi connectivity index (χ3v) is 3.27. The summed E-state index contributed by atoms with van der Waals surface area (Å²) in [5, 5.41) is 13.6. The third kappa shape index (κ3) is 2.64. The highest BCUT2D eigenvalue weighted by Gasteiger charge is 2.09. The zero-order valence-electron chi connectivity index (χ0n) is 8.61. The summed E-state index contributed by atoms with van der Waals surface area (Å²) in [6, 6.07) is 10.3. The molecule has 0 aliphatic carbocycles. The van der Waals surface area contributed by atoms with Crippen LogP contribution >= 0.6 is 22.9 Å². The van der Waals surface area contributed by atoms with Crippen molar-refractivity contribution < 1.29 is 4.79 Å². The Kier molecular flexibility index (Phi) is 3.43. The van der Waals surface area contributed by atoms with Gasteiger partial charge in [0.1, 0.15) is 0 Å². The average molecular weight is 263 g/mol. The SMILES string of the molecule is N#Cc1ccc(NC(=O)c2cccs2)c(Cl)c1. The molecule has 1 amide bonds. The minimum Gasteiger partial charge on any atom is -0.320 e. The molecule has 0 spiro atoms. The van der Waals surface area contributed by atoms with Crippen molar-refractivity contribution in [1.82, 2.24) is 0 Å². The topological polar surface area (TPSA) is 52.9 Å². The molecule has 1 heterocycles. The summed E-state index contributed by atoms with van der Waals surface area (Å²) in [5.74, 6) is -0.202. The molecule has 0 radical (unpaired) electrons. The first-order chi connectivity index (χ1) is 8.20. The Hall–Kier alpha value is -1.83. The van der Waals surface area contributed by atoms with E-state index in [0.717, 1.165) is 0 Å². The molecule has 1 aromatic heterocycles. The van der Waals surface area contributed by atoms with Gasteiger partial charge in [0, 0.05) is 0 Å². The molecule has 3 nitrogen and oxygen atoms in total. The number of halogens is 1. The fourth-order valence-electron chi connectivity index (χ4n) is 1.28.